The Morgan fingerprint density at radius 2 is 1.28 bits per heavy atom. The van der Waals surface area contributed by atoms with Gasteiger partial charge in [0, 0.05) is 11.1 Å². The van der Waals surface area contributed by atoms with E-state index in [4.69, 9.17) is 14.2 Å². The summed E-state index contributed by atoms with van der Waals surface area (Å²) in [6.45, 7) is 7.38. The Morgan fingerprint density at radius 1 is 0.720 bits per heavy atom. The molecule has 3 unspecified atom stereocenters. The van der Waals surface area contributed by atoms with E-state index in [0.717, 1.165) is 19.3 Å². The van der Waals surface area contributed by atoms with Crippen LogP contribution in [0.5, 0.6) is 17.5 Å². The van der Waals surface area contributed by atoms with Crippen molar-refractivity contribution in [2.45, 2.75) is 124 Å². The number of aromatic nitrogens is 1. The molecule has 11 nitrogen and oxygen atoms in total. The van der Waals surface area contributed by atoms with Gasteiger partial charge in [-0.25, -0.2) is 0 Å². The summed E-state index contributed by atoms with van der Waals surface area (Å²) in [7, 11) is 0. The molecular formula is C39H61NO10. The molecule has 0 saturated heterocycles. The lowest BCUT2D eigenvalue weighted by Gasteiger charge is -2.23. The summed E-state index contributed by atoms with van der Waals surface area (Å²) in [5, 5.41) is 41.2. The zero-order valence-electron chi connectivity index (χ0n) is 30.7. The maximum absolute atomic E-state index is 13.2. The second kappa shape index (κ2) is 23.6. The minimum Gasteiger partial charge on any atom is -0.494 e. The number of aliphatic hydroxyl groups is 1. The first kappa shape index (κ1) is 42.4. The number of hydrogen-bond donors (Lipinski definition) is 4. The number of rotatable bonds is 27. The van der Waals surface area contributed by atoms with Gasteiger partial charge in [-0.3, -0.25) is 19.0 Å². The number of ether oxygens (including phenoxy) is 3. The third-order valence-electron chi connectivity index (χ3n) is 9.17. The molecule has 0 aliphatic carbocycles. The summed E-state index contributed by atoms with van der Waals surface area (Å²) in [4.78, 5) is 37.9. The largest absolute Gasteiger partial charge is 0.494 e. The number of aromatic hydroxyl groups is 2. The van der Waals surface area contributed by atoms with E-state index < -0.39 is 42.3 Å². The highest BCUT2D eigenvalue weighted by molar-refractivity contribution is 5.77. The molecule has 282 valence electrons. The van der Waals surface area contributed by atoms with Crippen molar-refractivity contribution in [3.8, 4) is 23.2 Å². The highest BCUT2D eigenvalue weighted by Gasteiger charge is 2.34. The van der Waals surface area contributed by atoms with Crippen LogP contribution in [0.15, 0.2) is 24.3 Å². The van der Waals surface area contributed by atoms with Gasteiger partial charge in [0.05, 0.1) is 43.3 Å². The molecule has 0 aliphatic rings. The Morgan fingerprint density at radius 3 is 1.86 bits per heavy atom. The van der Waals surface area contributed by atoms with Gasteiger partial charge in [0.15, 0.2) is 0 Å². The number of esters is 2. The second-order valence-corrected chi connectivity index (χ2v) is 13.3. The van der Waals surface area contributed by atoms with Gasteiger partial charge >= 0.3 is 17.9 Å². The minimum atomic E-state index is -1.08. The van der Waals surface area contributed by atoms with Crippen LogP contribution in [0.2, 0.25) is 0 Å². The second-order valence-electron chi connectivity index (χ2n) is 13.3. The molecule has 1 aromatic heterocycles. The molecule has 1 heterocycles. The van der Waals surface area contributed by atoms with Crippen LogP contribution in [0, 0.1) is 24.7 Å². The normalized spacial score (nSPS) is 13.1. The molecule has 3 atom stereocenters. The molecular weight excluding hydrogens is 642 g/mol. The number of nitrogens with zero attached hydrogens (tertiary/aromatic N) is 1. The van der Waals surface area contributed by atoms with Crippen LogP contribution in [-0.4, -0.2) is 69.3 Å². The average molecular weight is 704 g/mol. The summed E-state index contributed by atoms with van der Waals surface area (Å²) >= 11 is 0. The van der Waals surface area contributed by atoms with E-state index in [1.807, 2.05) is 6.92 Å². The third-order valence-corrected chi connectivity index (χ3v) is 9.17. The van der Waals surface area contributed by atoms with Crippen LogP contribution < -0.4 is 4.74 Å². The van der Waals surface area contributed by atoms with Crippen LogP contribution in [0.1, 0.15) is 122 Å². The number of carboxylic acid groups (broad SMARTS) is 1. The number of benzene rings is 1. The number of aliphatic carboxylic acids is 1. The van der Waals surface area contributed by atoms with E-state index in [0.29, 0.717) is 30.0 Å². The van der Waals surface area contributed by atoms with Crippen LogP contribution in [-0.2, 0) is 30.3 Å². The molecule has 0 saturated carbocycles. The first-order chi connectivity index (χ1) is 24.0. The van der Waals surface area contributed by atoms with Crippen molar-refractivity contribution >= 4 is 17.9 Å². The molecule has 0 amide bonds. The Kier molecular flexibility index (Phi) is 20.1. The molecule has 0 bridgehead atoms. The Labute approximate surface area is 297 Å². The summed E-state index contributed by atoms with van der Waals surface area (Å²) in [6.07, 6.45) is 13.6. The van der Waals surface area contributed by atoms with Gasteiger partial charge in [-0.1, -0.05) is 85.0 Å². The topological polar surface area (TPSA) is 165 Å². The first-order valence-corrected chi connectivity index (χ1v) is 18.6. The molecule has 4 N–H and O–H groups in total. The molecule has 0 spiro atoms. The highest BCUT2D eigenvalue weighted by Crippen LogP contribution is 2.39. The Balaban J connectivity index is 2.14. The lowest BCUT2D eigenvalue weighted by Crippen LogP contribution is -2.30. The van der Waals surface area contributed by atoms with Crippen LogP contribution >= 0.6 is 0 Å². The fourth-order valence-corrected chi connectivity index (χ4v) is 6.03. The van der Waals surface area contributed by atoms with Gasteiger partial charge < -0.3 is 34.6 Å². The zero-order chi connectivity index (χ0) is 36.9. The summed E-state index contributed by atoms with van der Waals surface area (Å²) in [5.74, 6) is -5.05. The van der Waals surface area contributed by atoms with E-state index >= 15 is 0 Å². The van der Waals surface area contributed by atoms with E-state index in [-0.39, 0.29) is 49.8 Å². The lowest BCUT2D eigenvalue weighted by molar-refractivity contribution is -0.154. The number of carbonyl (C=O) groups is 3. The predicted molar refractivity (Wildman–Crippen MR) is 192 cm³/mol. The van der Waals surface area contributed by atoms with Gasteiger partial charge in [-0.05, 0) is 63.3 Å². The SMILES string of the molecule is CCCCCCCCCCCCOc1ccc(-n2c(O)c(C)c(CC(CC(CC(C)C(=O)O)C(=O)OCCCC)C(=O)OCCO)c2O)cc1. The summed E-state index contributed by atoms with van der Waals surface area (Å²) < 4.78 is 17.8. The fraction of sp³-hybridized carbons (Fsp3) is 0.667. The smallest absolute Gasteiger partial charge is 0.309 e. The molecule has 2 rings (SSSR count). The Hall–Kier alpha value is -3.73. The number of unbranched alkanes of at least 4 members (excludes halogenated alkanes) is 10. The van der Waals surface area contributed by atoms with Gasteiger partial charge in [0.2, 0.25) is 11.8 Å². The zero-order valence-corrected chi connectivity index (χ0v) is 30.7. The van der Waals surface area contributed by atoms with Crippen molar-refractivity contribution in [3.63, 3.8) is 0 Å². The summed E-state index contributed by atoms with van der Waals surface area (Å²) in [6, 6.07) is 6.98. The van der Waals surface area contributed by atoms with Crippen molar-refractivity contribution in [1.82, 2.24) is 4.57 Å². The molecule has 11 heteroatoms. The van der Waals surface area contributed by atoms with Crippen molar-refractivity contribution in [2.75, 3.05) is 26.4 Å². The lowest BCUT2D eigenvalue weighted by atomic mass is 9.84. The molecule has 50 heavy (non-hydrogen) atoms. The number of hydrogen-bond acceptors (Lipinski definition) is 9. The van der Waals surface area contributed by atoms with Gasteiger partial charge in [0.25, 0.3) is 0 Å². The van der Waals surface area contributed by atoms with E-state index in [9.17, 15) is 34.8 Å². The van der Waals surface area contributed by atoms with Crippen molar-refractivity contribution in [2.24, 2.45) is 17.8 Å². The summed E-state index contributed by atoms with van der Waals surface area (Å²) in [5.41, 5.74) is 1.09. The molecule has 1 aromatic carbocycles. The van der Waals surface area contributed by atoms with E-state index in [2.05, 4.69) is 6.92 Å². The van der Waals surface area contributed by atoms with Gasteiger partial charge in [-0.2, -0.15) is 0 Å². The van der Waals surface area contributed by atoms with Gasteiger partial charge in [-0.15, -0.1) is 0 Å². The number of carbonyl (C=O) groups excluding carboxylic acids is 2. The quantitative estimate of drug-likeness (QED) is 0.0536. The average Bonchev–Trinajstić information content (AvgIpc) is 3.31. The Bertz CT molecular complexity index is 1290. The molecule has 0 radical (unpaired) electrons. The maximum atomic E-state index is 13.2. The van der Waals surface area contributed by atoms with Crippen molar-refractivity contribution in [1.29, 1.82) is 0 Å². The molecule has 0 fully saturated rings. The monoisotopic (exact) mass is 703 g/mol. The highest BCUT2D eigenvalue weighted by atomic mass is 16.5. The third kappa shape index (κ3) is 14.2. The predicted octanol–water partition coefficient (Wildman–Crippen LogP) is 7.65. The minimum absolute atomic E-state index is 0.0606. The number of aliphatic hydroxyl groups excluding tert-OH is 1. The maximum Gasteiger partial charge on any atom is 0.309 e. The molecule has 2 aromatic rings. The standard InChI is InChI=1S/C39H61NO10/c1-5-7-9-10-11-12-13-14-15-16-23-48-33-19-17-32(18-20-33)40-35(42)29(4)34(36(40)43)27-31(39(47)50-24-21-41)26-30(25-28(3)37(44)45)38(46)49-22-8-6-2/h17-20,28,30-31,41-43H,5-16,21-27H2,1-4H3,(H,44,45). The first-order valence-electron chi connectivity index (χ1n) is 18.6. The van der Waals surface area contributed by atoms with Gasteiger partial charge in [0.1, 0.15) is 12.4 Å². The van der Waals surface area contributed by atoms with Crippen LogP contribution in [0.25, 0.3) is 5.69 Å². The fourth-order valence-electron chi connectivity index (χ4n) is 6.03. The molecule has 0 aliphatic heterocycles. The van der Waals surface area contributed by atoms with E-state index in [1.54, 1.807) is 31.2 Å². The van der Waals surface area contributed by atoms with Crippen molar-refractivity contribution in [3.05, 3.63) is 35.4 Å². The van der Waals surface area contributed by atoms with Crippen LogP contribution in [0.3, 0.4) is 0 Å². The van der Waals surface area contributed by atoms with Crippen LogP contribution in [0.4, 0.5) is 0 Å². The van der Waals surface area contributed by atoms with Crippen molar-refractivity contribution < 1.29 is 49.0 Å². The van der Waals surface area contributed by atoms with E-state index in [1.165, 1.54) is 62.9 Å². The number of carboxylic acids is 1.